The maximum atomic E-state index is 12.3. The van der Waals surface area contributed by atoms with Crippen LogP contribution in [0.3, 0.4) is 0 Å². The smallest absolute Gasteiger partial charge is 0.335 e. The SMILES string of the molecule is CCCN1CCC(N(C)C(=O)C(F)(F)F)CC1. The monoisotopic (exact) mass is 252 g/mol. The van der Waals surface area contributed by atoms with Crippen molar-refractivity contribution in [1.29, 1.82) is 0 Å². The van der Waals surface area contributed by atoms with E-state index in [0.29, 0.717) is 12.8 Å². The number of piperidine rings is 1. The van der Waals surface area contributed by atoms with Gasteiger partial charge in [0.15, 0.2) is 0 Å². The number of likely N-dealkylation sites (tertiary alicyclic amines) is 1. The molecule has 1 rings (SSSR count). The first-order valence-corrected chi connectivity index (χ1v) is 5.92. The number of hydrogen-bond donors (Lipinski definition) is 0. The minimum Gasteiger partial charge on any atom is -0.335 e. The van der Waals surface area contributed by atoms with Crippen molar-refractivity contribution in [1.82, 2.24) is 9.80 Å². The van der Waals surface area contributed by atoms with Gasteiger partial charge < -0.3 is 9.80 Å². The molecule has 0 aliphatic carbocycles. The van der Waals surface area contributed by atoms with Crippen molar-refractivity contribution in [2.24, 2.45) is 0 Å². The number of alkyl halides is 3. The maximum Gasteiger partial charge on any atom is 0.471 e. The quantitative estimate of drug-likeness (QED) is 0.765. The minimum absolute atomic E-state index is 0.280. The summed E-state index contributed by atoms with van der Waals surface area (Å²) in [7, 11) is 1.25. The van der Waals surface area contributed by atoms with Gasteiger partial charge in [0, 0.05) is 26.2 Å². The number of carbonyl (C=O) groups excluding carboxylic acids is 1. The molecular weight excluding hydrogens is 233 g/mol. The van der Waals surface area contributed by atoms with Crippen LogP contribution in [-0.2, 0) is 4.79 Å². The summed E-state index contributed by atoms with van der Waals surface area (Å²) in [5.41, 5.74) is 0. The van der Waals surface area contributed by atoms with Crippen LogP contribution in [0.25, 0.3) is 0 Å². The molecule has 0 aromatic heterocycles. The van der Waals surface area contributed by atoms with Gasteiger partial charge in [-0.05, 0) is 25.8 Å². The van der Waals surface area contributed by atoms with Gasteiger partial charge in [-0.1, -0.05) is 6.92 Å². The Labute approximate surface area is 99.6 Å². The molecule has 0 atom stereocenters. The standard InChI is InChI=1S/C11H19F3N2O/c1-3-6-16-7-4-9(5-8-16)15(2)10(17)11(12,13)14/h9H,3-8H2,1-2H3. The van der Waals surface area contributed by atoms with E-state index in [1.165, 1.54) is 7.05 Å². The predicted octanol–water partition coefficient (Wildman–Crippen LogP) is 1.88. The molecule has 0 aromatic carbocycles. The predicted molar refractivity (Wildman–Crippen MR) is 58.6 cm³/mol. The van der Waals surface area contributed by atoms with E-state index in [0.717, 1.165) is 31.0 Å². The largest absolute Gasteiger partial charge is 0.471 e. The lowest BCUT2D eigenvalue weighted by Gasteiger charge is -2.36. The Kier molecular flexibility index (Phi) is 4.80. The Hall–Kier alpha value is -0.780. The molecule has 0 saturated carbocycles. The number of halogens is 3. The Bertz CT molecular complexity index is 260. The van der Waals surface area contributed by atoms with Gasteiger partial charge in [-0.15, -0.1) is 0 Å². The fourth-order valence-corrected chi connectivity index (χ4v) is 2.21. The molecule has 17 heavy (non-hydrogen) atoms. The molecule has 1 heterocycles. The summed E-state index contributed by atoms with van der Waals surface area (Å²) < 4.78 is 36.8. The maximum absolute atomic E-state index is 12.3. The summed E-state index contributed by atoms with van der Waals surface area (Å²) in [6.07, 6.45) is -2.46. The van der Waals surface area contributed by atoms with Gasteiger partial charge in [0.05, 0.1) is 0 Å². The average molecular weight is 252 g/mol. The normalized spacial score (nSPS) is 19.4. The molecule has 0 spiro atoms. The van der Waals surface area contributed by atoms with Crippen LogP contribution in [-0.4, -0.2) is 54.6 Å². The molecule has 100 valence electrons. The number of amides is 1. The fraction of sp³-hybridized carbons (Fsp3) is 0.909. The molecular formula is C11H19F3N2O. The third-order valence-corrected chi connectivity index (χ3v) is 3.21. The molecule has 6 heteroatoms. The van der Waals surface area contributed by atoms with Gasteiger partial charge in [0.2, 0.25) is 0 Å². The molecule has 1 aliphatic rings. The van der Waals surface area contributed by atoms with Gasteiger partial charge in [0.1, 0.15) is 0 Å². The summed E-state index contributed by atoms with van der Waals surface area (Å²) in [5, 5.41) is 0. The molecule has 3 nitrogen and oxygen atoms in total. The van der Waals surface area contributed by atoms with Crippen molar-refractivity contribution < 1.29 is 18.0 Å². The Morgan fingerprint density at radius 2 is 1.88 bits per heavy atom. The zero-order chi connectivity index (χ0) is 13.1. The molecule has 0 bridgehead atoms. The minimum atomic E-state index is -4.75. The van der Waals surface area contributed by atoms with E-state index < -0.39 is 12.1 Å². The van der Waals surface area contributed by atoms with E-state index in [4.69, 9.17) is 0 Å². The van der Waals surface area contributed by atoms with Gasteiger partial charge in [-0.3, -0.25) is 4.79 Å². The average Bonchev–Trinajstić information content (AvgIpc) is 2.27. The second-order valence-corrected chi connectivity index (χ2v) is 4.49. The number of rotatable bonds is 3. The number of carbonyl (C=O) groups is 1. The lowest BCUT2D eigenvalue weighted by Crippen LogP contribution is -2.49. The Balaban J connectivity index is 2.46. The first kappa shape index (κ1) is 14.3. The second kappa shape index (κ2) is 5.71. The first-order chi connectivity index (χ1) is 7.86. The molecule has 1 saturated heterocycles. The second-order valence-electron chi connectivity index (χ2n) is 4.49. The van der Waals surface area contributed by atoms with Gasteiger partial charge in [0.25, 0.3) is 0 Å². The summed E-state index contributed by atoms with van der Waals surface area (Å²) in [5.74, 6) is -1.73. The molecule has 1 aliphatic heterocycles. The van der Waals surface area contributed by atoms with Crippen LogP contribution in [0.1, 0.15) is 26.2 Å². The zero-order valence-corrected chi connectivity index (χ0v) is 10.3. The van der Waals surface area contributed by atoms with E-state index in [1.807, 2.05) is 0 Å². The lowest BCUT2D eigenvalue weighted by atomic mass is 10.0. The molecule has 0 aromatic rings. The van der Waals surface area contributed by atoms with E-state index in [2.05, 4.69) is 11.8 Å². The molecule has 1 fully saturated rings. The van der Waals surface area contributed by atoms with E-state index in [-0.39, 0.29) is 6.04 Å². The Morgan fingerprint density at radius 3 is 2.29 bits per heavy atom. The lowest BCUT2D eigenvalue weighted by molar-refractivity contribution is -0.186. The highest BCUT2D eigenvalue weighted by atomic mass is 19.4. The van der Waals surface area contributed by atoms with Gasteiger partial charge >= 0.3 is 12.1 Å². The van der Waals surface area contributed by atoms with Gasteiger partial charge in [-0.25, -0.2) is 0 Å². The van der Waals surface area contributed by atoms with Crippen molar-refractivity contribution >= 4 is 5.91 Å². The van der Waals surface area contributed by atoms with E-state index in [1.54, 1.807) is 0 Å². The van der Waals surface area contributed by atoms with E-state index in [9.17, 15) is 18.0 Å². The summed E-state index contributed by atoms with van der Waals surface area (Å²) >= 11 is 0. The Morgan fingerprint density at radius 1 is 1.35 bits per heavy atom. The van der Waals surface area contributed by atoms with Crippen molar-refractivity contribution in [2.45, 2.75) is 38.4 Å². The van der Waals surface area contributed by atoms with E-state index >= 15 is 0 Å². The first-order valence-electron chi connectivity index (χ1n) is 5.92. The molecule has 0 radical (unpaired) electrons. The van der Waals surface area contributed by atoms with Crippen LogP contribution in [0.5, 0.6) is 0 Å². The summed E-state index contributed by atoms with van der Waals surface area (Å²) in [4.78, 5) is 14.1. The van der Waals surface area contributed by atoms with Crippen LogP contribution in [0, 0.1) is 0 Å². The number of nitrogens with zero attached hydrogens (tertiary/aromatic N) is 2. The van der Waals surface area contributed by atoms with Crippen LogP contribution >= 0.6 is 0 Å². The number of hydrogen-bond acceptors (Lipinski definition) is 2. The molecule has 0 N–H and O–H groups in total. The van der Waals surface area contributed by atoms with Crippen LogP contribution in [0.15, 0.2) is 0 Å². The summed E-state index contributed by atoms with van der Waals surface area (Å²) in [6, 6.07) is -0.280. The van der Waals surface area contributed by atoms with Crippen LogP contribution in [0.2, 0.25) is 0 Å². The third kappa shape index (κ3) is 3.87. The zero-order valence-electron chi connectivity index (χ0n) is 10.3. The highest BCUT2D eigenvalue weighted by Gasteiger charge is 2.43. The topological polar surface area (TPSA) is 23.6 Å². The van der Waals surface area contributed by atoms with Crippen LogP contribution < -0.4 is 0 Å². The highest BCUT2D eigenvalue weighted by molar-refractivity contribution is 5.81. The van der Waals surface area contributed by atoms with Crippen molar-refractivity contribution in [3.05, 3.63) is 0 Å². The highest BCUT2D eigenvalue weighted by Crippen LogP contribution is 2.22. The molecule has 1 amide bonds. The van der Waals surface area contributed by atoms with Gasteiger partial charge in [-0.2, -0.15) is 13.2 Å². The fourth-order valence-electron chi connectivity index (χ4n) is 2.21. The van der Waals surface area contributed by atoms with Crippen molar-refractivity contribution in [3.63, 3.8) is 0 Å². The van der Waals surface area contributed by atoms with Crippen molar-refractivity contribution in [3.8, 4) is 0 Å². The van der Waals surface area contributed by atoms with Crippen LogP contribution in [0.4, 0.5) is 13.2 Å². The summed E-state index contributed by atoms with van der Waals surface area (Å²) in [6.45, 7) is 4.59. The van der Waals surface area contributed by atoms with Crippen molar-refractivity contribution in [2.75, 3.05) is 26.7 Å². The third-order valence-electron chi connectivity index (χ3n) is 3.21. The molecule has 0 unspecified atom stereocenters.